The van der Waals surface area contributed by atoms with Gasteiger partial charge in [-0.2, -0.15) is 0 Å². The number of nitrogens with zero attached hydrogens (tertiary/aromatic N) is 2. The second kappa shape index (κ2) is 35.5. The molecule has 13 amide bonds. The van der Waals surface area contributed by atoms with Gasteiger partial charge in [0.15, 0.2) is 5.96 Å². The van der Waals surface area contributed by atoms with Crippen molar-refractivity contribution in [2.24, 2.45) is 57.1 Å². The van der Waals surface area contributed by atoms with Gasteiger partial charge in [-0.05, 0) is 68.6 Å². The highest BCUT2D eigenvalue weighted by molar-refractivity contribution is 5.98. The molecule has 0 saturated heterocycles. The average Bonchev–Trinajstić information content (AvgIpc) is 3.99. The summed E-state index contributed by atoms with van der Waals surface area (Å²) in [5, 5.41) is 32.3. The van der Waals surface area contributed by atoms with Gasteiger partial charge in [-0.3, -0.25) is 67.3 Å². The highest BCUT2D eigenvalue weighted by Crippen LogP contribution is 2.15. The van der Waals surface area contributed by atoms with Crippen molar-refractivity contribution in [3.8, 4) is 5.75 Å². The van der Waals surface area contributed by atoms with E-state index in [4.69, 9.17) is 34.4 Å². The van der Waals surface area contributed by atoms with Crippen LogP contribution >= 0.6 is 0 Å². The topological polar surface area (TPSA) is 548 Å². The van der Waals surface area contributed by atoms with E-state index in [1.165, 1.54) is 50.6 Å². The third-order valence-electron chi connectivity index (χ3n) is 12.6. The van der Waals surface area contributed by atoms with E-state index in [0.717, 1.165) is 0 Å². The first-order valence-corrected chi connectivity index (χ1v) is 27.0. The summed E-state index contributed by atoms with van der Waals surface area (Å²) in [5.41, 5.74) is 33.3. The minimum Gasteiger partial charge on any atom is -0.508 e. The number of hydrogen-bond acceptors (Lipinski definition) is 16. The lowest BCUT2D eigenvalue weighted by Gasteiger charge is -2.29. The predicted molar refractivity (Wildman–Crippen MR) is 301 cm³/mol. The molecule has 0 bridgehead atoms. The molecule has 2 rings (SSSR count). The number of carbonyl (C=O) groups is 13. The second-order valence-corrected chi connectivity index (χ2v) is 20.8. The van der Waals surface area contributed by atoms with Gasteiger partial charge in [0.05, 0.1) is 12.9 Å². The van der Waals surface area contributed by atoms with E-state index in [-0.39, 0.29) is 74.8 Å². The van der Waals surface area contributed by atoms with Crippen molar-refractivity contribution in [1.29, 1.82) is 0 Å². The third-order valence-corrected chi connectivity index (χ3v) is 12.6. The molecule has 0 radical (unpaired) electrons. The second-order valence-electron chi connectivity index (χ2n) is 20.8. The predicted octanol–water partition coefficient (Wildman–Crippen LogP) is -5.80. The number of amides is 13. The van der Waals surface area contributed by atoms with Gasteiger partial charge in [-0.15, -0.1) is 0 Å². The zero-order valence-electron chi connectivity index (χ0n) is 47.9. The first kappa shape index (κ1) is 70.7. The summed E-state index contributed by atoms with van der Waals surface area (Å²) in [4.78, 5) is 182. The van der Waals surface area contributed by atoms with Crippen LogP contribution in [0.1, 0.15) is 104 Å². The summed E-state index contributed by atoms with van der Waals surface area (Å²) in [7, 11) is 0. The Labute approximate surface area is 484 Å². The van der Waals surface area contributed by atoms with Crippen molar-refractivity contribution < 1.29 is 67.4 Å². The van der Waals surface area contributed by atoms with E-state index in [1.807, 2.05) is 13.8 Å². The Morgan fingerprint density at radius 3 is 1.60 bits per heavy atom. The van der Waals surface area contributed by atoms with Crippen LogP contribution in [0, 0.1) is 17.8 Å². The summed E-state index contributed by atoms with van der Waals surface area (Å²) in [5.74, 6) is -13.8. The van der Waals surface area contributed by atoms with Gasteiger partial charge in [0.2, 0.25) is 76.8 Å². The van der Waals surface area contributed by atoms with Crippen LogP contribution in [0.2, 0.25) is 0 Å². The maximum Gasteiger partial charge on any atom is 0.243 e. The molecular weight excluding hydrogens is 1100 g/mol. The SMILES string of the molecule is CC(C)C[C@H](NC(=O)[C@H](C)NC(=O)[C@H](CCCN=C(N)N)NC(=O)CNC(=O)[C@H](Cc1cnc[nH]1)NC(=O)[C@@H](NC(=O)[C@H](CCC(N)=O)NC(=O)[C@H](Cc1ccc(O)cc1)NC(=O)[C@H](CCC(N)=O)NC(=O)C(C)C)[C@@H](C)CC(N)=O)C(N)=O. The van der Waals surface area contributed by atoms with Crippen molar-refractivity contribution in [2.45, 2.75) is 154 Å². The van der Waals surface area contributed by atoms with Crippen LogP contribution in [-0.2, 0) is 75.2 Å². The zero-order chi connectivity index (χ0) is 63.4. The van der Waals surface area contributed by atoms with Crippen LogP contribution in [0.5, 0.6) is 5.75 Å². The molecule has 0 aliphatic carbocycles. The molecule has 0 unspecified atom stereocenters. The number of H-pyrrole nitrogens is 1. The summed E-state index contributed by atoms with van der Waals surface area (Å²) in [6, 6.07) is -6.07. The fourth-order valence-electron chi connectivity index (χ4n) is 8.02. The number of aromatic nitrogens is 2. The summed E-state index contributed by atoms with van der Waals surface area (Å²) >= 11 is 0. The van der Waals surface area contributed by atoms with Gasteiger partial charge in [0.25, 0.3) is 0 Å². The standard InChI is InChI=1S/C52H82N18O14/c1-25(2)18-35(43(56)76)67-45(78)28(6)63-47(80)32(8-7-17-60-52(57)58)64-41(75)23-61-46(79)37(21-30-22-59-24-62-30)69-51(84)42(27(5)19-40(55)74)70-49(82)34(14-16-39(54)73)66-50(83)36(20-29-9-11-31(71)12-10-29)68-48(81)33(13-15-38(53)72)65-44(77)26(3)4/h9-12,22,24-28,32-37,42,71H,7-8,13-21,23H2,1-6H3,(H2,53,72)(H2,54,73)(H2,55,74)(H2,56,76)(H,59,62)(H,61,79)(H,63,80)(H,64,75)(H,65,77)(H,66,83)(H,67,78)(H,68,81)(H,69,84)(H,70,82)(H4,57,58,60)/t27-,28-,32-,33-,34-,35-,36-,37-,42-/m0/s1. The maximum absolute atomic E-state index is 14.4. The van der Waals surface area contributed by atoms with E-state index in [9.17, 15) is 67.4 Å². The highest BCUT2D eigenvalue weighted by Gasteiger charge is 2.36. The Balaban J connectivity index is 2.48. The van der Waals surface area contributed by atoms with Gasteiger partial charge >= 0.3 is 0 Å². The molecular formula is C52H82N18O14. The molecule has 0 spiro atoms. The maximum atomic E-state index is 14.4. The summed E-state index contributed by atoms with van der Waals surface area (Å²) < 4.78 is 0. The molecule has 23 N–H and O–H groups in total. The Hall–Kier alpha value is -9.39. The minimum absolute atomic E-state index is 0.0208. The number of phenolic OH excluding ortho intramolecular Hbond substituents is 1. The van der Waals surface area contributed by atoms with Crippen molar-refractivity contribution in [3.05, 3.63) is 48.0 Å². The van der Waals surface area contributed by atoms with Gasteiger partial charge in [-0.25, -0.2) is 4.98 Å². The smallest absolute Gasteiger partial charge is 0.243 e. The number of benzene rings is 1. The summed E-state index contributed by atoms with van der Waals surface area (Å²) in [6.07, 6.45) is 0.135. The molecule has 0 aliphatic heterocycles. The number of hydrogen-bond donors (Lipinski definition) is 17. The number of aliphatic imine (C=N–C) groups is 1. The Morgan fingerprint density at radius 2 is 1.07 bits per heavy atom. The molecule has 2 aromatic rings. The van der Waals surface area contributed by atoms with E-state index in [2.05, 4.69) is 62.8 Å². The molecule has 84 heavy (non-hydrogen) atoms. The monoisotopic (exact) mass is 1180 g/mol. The number of phenols is 1. The van der Waals surface area contributed by atoms with Crippen molar-refractivity contribution in [3.63, 3.8) is 0 Å². The fourth-order valence-corrected chi connectivity index (χ4v) is 8.02. The van der Waals surface area contributed by atoms with Crippen LogP contribution < -0.4 is 82.3 Å². The number of nitrogens with two attached hydrogens (primary N) is 6. The van der Waals surface area contributed by atoms with Crippen LogP contribution in [0.3, 0.4) is 0 Å². The largest absolute Gasteiger partial charge is 0.508 e. The van der Waals surface area contributed by atoms with Crippen molar-refractivity contribution >= 4 is 82.8 Å². The van der Waals surface area contributed by atoms with Crippen molar-refractivity contribution in [2.75, 3.05) is 13.1 Å². The van der Waals surface area contributed by atoms with Crippen LogP contribution in [-0.4, -0.2) is 159 Å². The van der Waals surface area contributed by atoms with E-state index in [0.29, 0.717) is 5.56 Å². The van der Waals surface area contributed by atoms with Crippen LogP contribution in [0.15, 0.2) is 41.8 Å². The molecule has 0 fully saturated rings. The first-order valence-electron chi connectivity index (χ1n) is 27.0. The Bertz CT molecular complexity index is 2650. The lowest BCUT2D eigenvalue weighted by Crippen LogP contribution is -2.61. The fraction of sp³-hybridized carbons (Fsp3) is 0.558. The first-order chi connectivity index (χ1) is 39.4. The number of rotatable bonds is 38. The van der Waals surface area contributed by atoms with Crippen LogP contribution in [0.4, 0.5) is 0 Å². The average molecular weight is 1180 g/mol. The summed E-state index contributed by atoms with van der Waals surface area (Å²) in [6.45, 7) is 8.67. The number of aromatic amines is 1. The van der Waals surface area contributed by atoms with Gasteiger partial charge in [0.1, 0.15) is 54.1 Å². The molecule has 1 aromatic carbocycles. The lowest BCUT2D eigenvalue weighted by molar-refractivity contribution is -0.136. The van der Waals surface area contributed by atoms with Crippen molar-refractivity contribution in [1.82, 2.24) is 57.8 Å². The molecule has 1 heterocycles. The molecule has 0 saturated carbocycles. The number of primary amides is 4. The minimum atomic E-state index is -1.74. The van der Waals surface area contributed by atoms with Gasteiger partial charge in [0, 0.05) is 56.5 Å². The van der Waals surface area contributed by atoms with E-state index < -0.39 is 163 Å². The van der Waals surface area contributed by atoms with Gasteiger partial charge < -0.3 is 92.3 Å². The number of carbonyl (C=O) groups excluding carboxylic acids is 13. The Morgan fingerprint density at radius 1 is 0.560 bits per heavy atom. The van der Waals surface area contributed by atoms with Crippen LogP contribution in [0.25, 0.3) is 0 Å². The number of guanidine groups is 1. The third kappa shape index (κ3) is 26.9. The molecule has 464 valence electrons. The molecule has 1 aromatic heterocycles. The number of nitrogens with one attached hydrogen (secondary N) is 10. The van der Waals surface area contributed by atoms with E-state index in [1.54, 1.807) is 13.8 Å². The normalized spacial score (nSPS) is 14.2. The van der Waals surface area contributed by atoms with E-state index >= 15 is 0 Å². The number of aromatic hydroxyl groups is 1. The molecule has 32 heteroatoms. The molecule has 0 aliphatic rings. The quantitative estimate of drug-likeness (QED) is 0.0169. The Kier molecular flexibility index (Phi) is 29.9. The highest BCUT2D eigenvalue weighted by atomic mass is 16.3. The zero-order valence-corrected chi connectivity index (χ0v) is 47.9. The lowest BCUT2D eigenvalue weighted by atomic mass is 9.95. The molecule has 32 nitrogen and oxygen atoms in total. The van der Waals surface area contributed by atoms with Gasteiger partial charge in [-0.1, -0.05) is 46.8 Å². The molecule has 9 atom stereocenters. The number of imidazole rings is 1.